The second-order valence-corrected chi connectivity index (χ2v) is 10.4. The molecular formula is C27H28Cl2N2O4. The van der Waals surface area contributed by atoms with Gasteiger partial charge in [-0.15, -0.1) is 0 Å². The van der Waals surface area contributed by atoms with Gasteiger partial charge in [-0.25, -0.2) is 0 Å². The Bertz CT molecular complexity index is 1210. The second-order valence-electron chi connectivity index (χ2n) is 9.53. The van der Waals surface area contributed by atoms with Gasteiger partial charge in [0.1, 0.15) is 5.76 Å². The Kier molecular flexibility index (Phi) is 7.53. The van der Waals surface area contributed by atoms with Crippen molar-refractivity contribution >= 4 is 35.1 Å². The van der Waals surface area contributed by atoms with Crippen LogP contribution in [0.5, 0.6) is 0 Å². The van der Waals surface area contributed by atoms with Crippen LogP contribution >= 0.6 is 23.2 Å². The highest BCUT2D eigenvalue weighted by Crippen LogP contribution is 2.51. The highest BCUT2D eigenvalue weighted by atomic mass is 35.5. The maximum Gasteiger partial charge on any atom is 0.304 e. The molecule has 0 radical (unpaired) electrons. The van der Waals surface area contributed by atoms with Gasteiger partial charge in [0.05, 0.1) is 23.6 Å². The summed E-state index contributed by atoms with van der Waals surface area (Å²) in [6, 6.07) is 16.7. The van der Waals surface area contributed by atoms with E-state index in [4.69, 9.17) is 27.7 Å². The number of piperidine rings is 1. The molecule has 184 valence electrons. The number of aryl methyl sites for hydroxylation is 2. The summed E-state index contributed by atoms with van der Waals surface area (Å²) in [5, 5.41) is 14.8. The molecule has 2 heterocycles. The van der Waals surface area contributed by atoms with E-state index in [0.29, 0.717) is 35.9 Å². The van der Waals surface area contributed by atoms with Crippen molar-refractivity contribution in [1.29, 1.82) is 0 Å². The Morgan fingerprint density at radius 2 is 1.89 bits per heavy atom. The average Bonchev–Trinajstić information content (AvgIpc) is 3.22. The van der Waals surface area contributed by atoms with Crippen LogP contribution in [0.15, 0.2) is 59.1 Å². The second kappa shape index (κ2) is 10.4. The zero-order valence-electron chi connectivity index (χ0n) is 19.7. The number of benzene rings is 2. The molecule has 3 aromatic rings. The molecule has 1 aliphatic heterocycles. The Morgan fingerprint density at radius 1 is 1.14 bits per heavy atom. The van der Waals surface area contributed by atoms with Crippen LogP contribution in [0.2, 0.25) is 10.0 Å². The molecule has 1 aliphatic rings. The first kappa shape index (κ1) is 25.3. The highest BCUT2D eigenvalue weighted by Gasteiger charge is 2.50. The van der Waals surface area contributed by atoms with Gasteiger partial charge in [-0.3, -0.25) is 9.59 Å². The number of carbonyl (C=O) groups excluding carboxylic acids is 1. The lowest BCUT2D eigenvalue weighted by Crippen LogP contribution is -2.52. The standard InChI is InChI=1S/C27H28Cl2N2O4/c1-17-13-22(35-30-17)7-4-12-31-25(18-8-10-20(28)11-9-18)23(19-5-3-6-21(29)14-19)15-27(2,26(31)34)16-24(32)33/h3,5-6,8-11,13-14,23,25H,4,7,12,15-16H2,1-2H3,(H,32,33). The molecule has 1 amide bonds. The van der Waals surface area contributed by atoms with Crippen molar-refractivity contribution < 1.29 is 19.2 Å². The van der Waals surface area contributed by atoms with Gasteiger partial charge in [0.25, 0.3) is 0 Å². The molecule has 1 aromatic heterocycles. The third-order valence-electron chi connectivity index (χ3n) is 6.69. The number of carbonyl (C=O) groups is 2. The molecule has 3 unspecified atom stereocenters. The van der Waals surface area contributed by atoms with Gasteiger partial charge in [0.15, 0.2) is 0 Å². The maximum absolute atomic E-state index is 13.9. The van der Waals surface area contributed by atoms with Crippen LogP contribution in [0.4, 0.5) is 0 Å². The van der Waals surface area contributed by atoms with Crippen LogP contribution in [-0.2, 0) is 16.0 Å². The summed E-state index contributed by atoms with van der Waals surface area (Å²) in [6.45, 7) is 4.06. The van der Waals surface area contributed by atoms with E-state index in [9.17, 15) is 14.7 Å². The number of carboxylic acids is 1. The van der Waals surface area contributed by atoms with Gasteiger partial charge >= 0.3 is 5.97 Å². The molecule has 4 rings (SSSR count). The van der Waals surface area contributed by atoms with Gasteiger partial charge in [0, 0.05) is 35.0 Å². The van der Waals surface area contributed by atoms with Crippen molar-refractivity contribution in [2.75, 3.05) is 6.54 Å². The van der Waals surface area contributed by atoms with E-state index in [0.717, 1.165) is 22.6 Å². The minimum Gasteiger partial charge on any atom is -0.481 e. The first-order chi connectivity index (χ1) is 16.7. The number of likely N-dealkylation sites (tertiary alicyclic amines) is 1. The normalized spacial score (nSPS) is 22.4. The largest absolute Gasteiger partial charge is 0.481 e. The number of halogens is 2. The fourth-order valence-corrected chi connectivity index (χ4v) is 5.49. The summed E-state index contributed by atoms with van der Waals surface area (Å²) in [5.74, 6) is -0.543. The number of amides is 1. The number of carboxylic acid groups (broad SMARTS) is 1. The summed E-state index contributed by atoms with van der Waals surface area (Å²) < 4.78 is 5.34. The van der Waals surface area contributed by atoms with Gasteiger partial charge in [0.2, 0.25) is 5.91 Å². The van der Waals surface area contributed by atoms with E-state index in [1.165, 1.54) is 0 Å². The van der Waals surface area contributed by atoms with Crippen molar-refractivity contribution in [2.24, 2.45) is 5.41 Å². The molecule has 0 spiro atoms. The predicted molar refractivity (Wildman–Crippen MR) is 135 cm³/mol. The molecule has 0 bridgehead atoms. The molecule has 8 heteroatoms. The SMILES string of the molecule is Cc1cc(CCCN2C(=O)C(C)(CC(=O)O)CC(c3cccc(Cl)c3)C2c2ccc(Cl)cc2)on1. The first-order valence-electron chi connectivity index (χ1n) is 11.6. The molecule has 35 heavy (non-hydrogen) atoms. The summed E-state index contributed by atoms with van der Waals surface area (Å²) >= 11 is 12.5. The third kappa shape index (κ3) is 5.71. The van der Waals surface area contributed by atoms with Crippen LogP contribution in [0, 0.1) is 12.3 Å². The molecule has 0 saturated carbocycles. The first-order valence-corrected chi connectivity index (χ1v) is 12.4. The smallest absolute Gasteiger partial charge is 0.304 e. The summed E-state index contributed by atoms with van der Waals surface area (Å²) in [4.78, 5) is 27.5. The maximum atomic E-state index is 13.9. The number of aromatic nitrogens is 1. The average molecular weight is 515 g/mol. The van der Waals surface area contributed by atoms with E-state index >= 15 is 0 Å². The number of rotatable bonds is 8. The van der Waals surface area contributed by atoms with Crippen LogP contribution in [0.25, 0.3) is 0 Å². The Morgan fingerprint density at radius 3 is 2.51 bits per heavy atom. The zero-order valence-corrected chi connectivity index (χ0v) is 21.2. The lowest BCUT2D eigenvalue weighted by Gasteiger charge is -2.49. The van der Waals surface area contributed by atoms with Gasteiger partial charge in [-0.2, -0.15) is 0 Å². The molecule has 3 atom stereocenters. The van der Waals surface area contributed by atoms with E-state index in [-0.39, 0.29) is 24.3 Å². The molecule has 2 aromatic carbocycles. The Balaban J connectivity index is 1.75. The number of hydrogen-bond donors (Lipinski definition) is 1. The van der Waals surface area contributed by atoms with E-state index in [1.807, 2.05) is 66.4 Å². The predicted octanol–water partition coefficient (Wildman–Crippen LogP) is 6.46. The van der Waals surface area contributed by atoms with E-state index in [1.54, 1.807) is 6.92 Å². The topological polar surface area (TPSA) is 83.6 Å². The fraction of sp³-hybridized carbons (Fsp3) is 0.370. The summed E-state index contributed by atoms with van der Waals surface area (Å²) in [7, 11) is 0. The molecular weight excluding hydrogens is 487 g/mol. The van der Waals surface area contributed by atoms with Crippen molar-refractivity contribution in [3.63, 3.8) is 0 Å². The van der Waals surface area contributed by atoms with Crippen molar-refractivity contribution in [3.8, 4) is 0 Å². The van der Waals surface area contributed by atoms with Crippen molar-refractivity contribution in [3.05, 3.63) is 87.2 Å². The van der Waals surface area contributed by atoms with Crippen LogP contribution in [0.3, 0.4) is 0 Å². The van der Waals surface area contributed by atoms with Gasteiger partial charge in [-0.05, 0) is 55.2 Å². The lowest BCUT2D eigenvalue weighted by atomic mass is 9.67. The van der Waals surface area contributed by atoms with Crippen LogP contribution in [0.1, 0.15) is 60.7 Å². The lowest BCUT2D eigenvalue weighted by molar-refractivity contribution is -0.157. The van der Waals surface area contributed by atoms with Crippen molar-refractivity contribution in [1.82, 2.24) is 10.1 Å². The zero-order chi connectivity index (χ0) is 25.2. The quantitative estimate of drug-likeness (QED) is 0.372. The molecule has 6 nitrogen and oxygen atoms in total. The number of nitrogens with zero attached hydrogens (tertiary/aromatic N) is 2. The Labute approximate surface area is 214 Å². The fourth-order valence-electron chi connectivity index (χ4n) is 5.16. The molecule has 1 saturated heterocycles. The Hall–Kier alpha value is -2.83. The molecule has 1 N–H and O–H groups in total. The molecule has 1 fully saturated rings. The molecule has 0 aliphatic carbocycles. The van der Waals surface area contributed by atoms with Gasteiger partial charge < -0.3 is 14.5 Å². The minimum absolute atomic E-state index is 0.149. The summed E-state index contributed by atoms with van der Waals surface area (Å²) in [5.41, 5.74) is 1.67. The van der Waals surface area contributed by atoms with E-state index in [2.05, 4.69) is 5.16 Å². The monoisotopic (exact) mass is 514 g/mol. The van der Waals surface area contributed by atoms with Gasteiger partial charge in [-0.1, -0.05) is 59.5 Å². The minimum atomic E-state index is -1.05. The highest BCUT2D eigenvalue weighted by molar-refractivity contribution is 6.30. The van der Waals surface area contributed by atoms with Crippen molar-refractivity contribution in [2.45, 2.75) is 51.5 Å². The van der Waals surface area contributed by atoms with Crippen LogP contribution in [-0.4, -0.2) is 33.6 Å². The summed E-state index contributed by atoms with van der Waals surface area (Å²) in [6.07, 6.45) is 1.42. The number of aliphatic carboxylic acids is 1. The number of hydrogen-bond acceptors (Lipinski definition) is 4. The van der Waals surface area contributed by atoms with E-state index < -0.39 is 11.4 Å². The van der Waals surface area contributed by atoms with Crippen LogP contribution < -0.4 is 0 Å². The third-order valence-corrected chi connectivity index (χ3v) is 7.18.